The van der Waals surface area contributed by atoms with Crippen molar-refractivity contribution in [2.75, 3.05) is 18.6 Å². The van der Waals surface area contributed by atoms with Gasteiger partial charge in [0.05, 0.1) is 7.11 Å². The van der Waals surface area contributed by atoms with Crippen LogP contribution < -0.4 is 9.64 Å². The molecule has 0 bridgehead atoms. The molecule has 2 rings (SSSR count). The topological polar surface area (TPSA) is 49.8 Å². The largest absolute Gasteiger partial charge is 0.497 e. The van der Waals surface area contributed by atoms with E-state index >= 15 is 0 Å². The average molecular weight is 285 g/mol. The molecule has 0 heterocycles. The van der Waals surface area contributed by atoms with Crippen molar-refractivity contribution in [3.63, 3.8) is 0 Å². The van der Waals surface area contributed by atoms with Crippen LogP contribution in [0.1, 0.15) is 11.1 Å². The Bertz CT molecular complexity index is 590. The first kappa shape index (κ1) is 14.9. The number of aryl methyl sites for hydroxylation is 1. The van der Waals surface area contributed by atoms with Crippen molar-refractivity contribution >= 4 is 11.7 Å². The van der Waals surface area contributed by atoms with Crippen LogP contribution >= 0.6 is 0 Å². The molecule has 0 aliphatic carbocycles. The zero-order valence-electron chi connectivity index (χ0n) is 12.2. The highest BCUT2D eigenvalue weighted by Gasteiger charge is 2.11. The standard InChI is InChI=1S/C17H19NO3/c1-13-3-7-15(8-4-13)18(12-17(19)20)11-14-5-9-16(21-2)10-6-14/h3-10H,11-12H2,1-2H3,(H,19,20). The highest BCUT2D eigenvalue weighted by molar-refractivity contribution is 5.73. The zero-order valence-corrected chi connectivity index (χ0v) is 12.2. The highest BCUT2D eigenvalue weighted by atomic mass is 16.5. The van der Waals surface area contributed by atoms with Crippen molar-refractivity contribution in [1.29, 1.82) is 0 Å². The van der Waals surface area contributed by atoms with Crippen LogP contribution in [0.15, 0.2) is 48.5 Å². The lowest BCUT2D eigenvalue weighted by Gasteiger charge is -2.23. The fourth-order valence-electron chi connectivity index (χ4n) is 2.11. The number of hydrogen-bond donors (Lipinski definition) is 1. The van der Waals surface area contributed by atoms with E-state index in [4.69, 9.17) is 9.84 Å². The van der Waals surface area contributed by atoms with Gasteiger partial charge < -0.3 is 14.7 Å². The lowest BCUT2D eigenvalue weighted by atomic mass is 10.1. The van der Waals surface area contributed by atoms with Crippen molar-refractivity contribution in [3.05, 3.63) is 59.7 Å². The summed E-state index contributed by atoms with van der Waals surface area (Å²) in [4.78, 5) is 12.9. The van der Waals surface area contributed by atoms with E-state index in [1.165, 1.54) is 0 Å². The summed E-state index contributed by atoms with van der Waals surface area (Å²) in [6.45, 7) is 2.52. The van der Waals surface area contributed by atoms with Crippen LogP contribution in [0.4, 0.5) is 5.69 Å². The van der Waals surface area contributed by atoms with Crippen LogP contribution in [-0.2, 0) is 11.3 Å². The van der Waals surface area contributed by atoms with Gasteiger partial charge in [0.15, 0.2) is 0 Å². The van der Waals surface area contributed by atoms with Crippen LogP contribution in [-0.4, -0.2) is 24.7 Å². The summed E-state index contributed by atoms with van der Waals surface area (Å²) in [6.07, 6.45) is 0. The SMILES string of the molecule is COc1ccc(CN(CC(=O)O)c2ccc(C)cc2)cc1. The van der Waals surface area contributed by atoms with E-state index in [-0.39, 0.29) is 6.54 Å². The number of carboxylic acid groups (broad SMARTS) is 1. The Morgan fingerprint density at radius 2 is 1.71 bits per heavy atom. The molecule has 0 aromatic heterocycles. The first-order valence-electron chi connectivity index (χ1n) is 6.75. The molecule has 0 unspecified atom stereocenters. The summed E-state index contributed by atoms with van der Waals surface area (Å²) in [7, 11) is 1.62. The van der Waals surface area contributed by atoms with Crippen LogP contribution in [0.2, 0.25) is 0 Å². The van der Waals surface area contributed by atoms with Crippen molar-refractivity contribution in [2.24, 2.45) is 0 Å². The first-order chi connectivity index (χ1) is 10.1. The molecule has 0 saturated heterocycles. The van der Waals surface area contributed by atoms with Gasteiger partial charge in [-0.15, -0.1) is 0 Å². The third-order valence-electron chi connectivity index (χ3n) is 3.26. The van der Waals surface area contributed by atoms with Gasteiger partial charge in [0, 0.05) is 12.2 Å². The Hall–Kier alpha value is -2.49. The molecule has 0 spiro atoms. The van der Waals surface area contributed by atoms with E-state index in [0.29, 0.717) is 6.54 Å². The van der Waals surface area contributed by atoms with Gasteiger partial charge in [-0.1, -0.05) is 29.8 Å². The molecule has 2 aromatic rings. The lowest BCUT2D eigenvalue weighted by molar-refractivity contribution is -0.135. The molecule has 110 valence electrons. The minimum Gasteiger partial charge on any atom is -0.497 e. The maximum atomic E-state index is 11.1. The van der Waals surface area contributed by atoms with Crippen molar-refractivity contribution in [1.82, 2.24) is 0 Å². The Kier molecular flexibility index (Phi) is 4.82. The summed E-state index contributed by atoms with van der Waals surface area (Å²) in [5.74, 6) is -0.0528. The third kappa shape index (κ3) is 4.24. The van der Waals surface area contributed by atoms with E-state index < -0.39 is 5.97 Å². The normalized spacial score (nSPS) is 10.2. The van der Waals surface area contributed by atoms with Gasteiger partial charge in [0.1, 0.15) is 12.3 Å². The van der Waals surface area contributed by atoms with Crippen LogP contribution in [0.3, 0.4) is 0 Å². The smallest absolute Gasteiger partial charge is 0.323 e. The van der Waals surface area contributed by atoms with E-state index in [9.17, 15) is 4.79 Å². The number of carbonyl (C=O) groups is 1. The molecule has 1 N–H and O–H groups in total. The molecule has 0 saturated carbocycles. The van der Waals surface area contributed by atoms with Gasteiger partial charge in [-0.05, 0) is 36.8 Å². The number of benzene rings is 2. The Morgan fingerprint density at radius 1 is 1.10 bits per heavy atom. The molecule has 0 amide bonds. The number of ether oxygens (including phenoxy) is 1. The molecule has 0 aliphatic rings. The van der Waals surface area contributed by atoms with Crippen molar-refractivity contribution in [2.45, 2.75) is 13.5 Å². The van der Waals surface area contributed by atoms with E-state index in [2.05, 4.69) is 0 Å². The Morgan fingerprint density at radius 3 is 2.24 bits per heavy atom. The minimum atomic E-state index is -0.843. The molecule has 0 fully saturated rings. The fourth-order valence-corrected chi connectivity index (χ4v) is 2.11. The summed E-state index contributed by atoms with van der Waals surface area (Å²) in [6, 6.07) is 15.5. The average Bonchev–Trinajstić information content (AvgIpc) is 2.48. The van der Waals surface area contributed by atoms with Gasteiger partial charge in [-0.25, -0.2) is 0 Å². The number of aliphatic carboxylic acids is 1. The Labute approximate surface area is 124 Å². The summed E-state index contributed by atoms with van der Waals surface area (Å²) in [5, 5.41) is 9.10. The molecule has 2 aromatic carbocycles. The Balaban J connectivity index is 2.19. The molecule has 4 nitrogen and oxygen atoms in total. The molecular weight excluding hydrogens is 266 g/mol. The monoisotopic (exact) mass is 285 g/mol. The van der Waals surface area contributed by atoms with E-state index in [0.717, 1.165) is 22.6 Å². The number of rotatable bonds is 6. The third-order valence-corrected chi connectivity index (χ3v) is 3.26. The van der Waals surface area contributed by atoms with Gasteiger partial charge in [-0.3, -0.25) is 4.79 Å². The molecular formula is C17H19NO3. The second kappa shape index (κ2) is 6.79. The van der Waals surface area contributed by atoms with Crippen LogP contribution in [0.5, 0.6) is 5.75 Å². The van der Waals surface area contributed by atoms with Gasteiger partial charge >= 0.3 is 5.97 Å². The highest BCUT2D eigenvalue weighted by Crippen LogP contribution is 2.19. The molecule has 0 radical (unpaired) electrons. The quantitative estimate of drug-likeness (QED) is 0.886. The number of methoxy groups -OCH3 is 1. The number of carboxylic acids is 1. The van der Waals surface area contributed by atoms with Crippen LogP contribution in [0.25, 0.3) is 0 Å². The van der Waals surface area contributed by atoms with Gasteiger partial charge in [-0.2, -0.15) is 0 Å². The summed E-state index contributed by atoms with van der Waals surface area (Å²) < 4.78 is 5.13. The van der Waals surface area contributed by atoms with Crippen molar-refractivity contribution < 1.29 is 14.6 Å². The second-order valence-corrected chi connectivity index (χ2v) is 4.93. The van der Waals surface area contributed by atoms with Gasteiger partial charge in [0.2, 0.25) is 0 Å². The number of nitrogens with zero attached hydrogens (tertiary/aromatic N) is 1. The maximum Gasteiger partial charge on any atom is 0.323 e. The van der Waals surface area contributed by atoms with Crippen molar-refractivity contribution in [3.8, 4) is 5.75 Å². The summed E-state index contributed by atoms with van der Waals surface area (Å²) >= 11 is 0. The predicted molar refractivity (Wildman–Crippen MR) is 82.9 cm³/mol. The van der Waals surface area contributed by atoms with Gasteiger partial charge in [0.25, 0.3) is 0 Å². The number of hydrogen-bond acceptors (Lipinski definition) is 3. The summed E-state index contributed by atoms with van der Waals surface area (Å²) in [5.41, 5.74) is 3.09. The maximum absolute atomic E-state index is 11.1. The number of anilines is 1. The fraction of sp³-hybridized carbons (Fsp3) is 0.235. The second-order valence-electron chi connectivity index (χ2n) is 4.93. The molecule has 0 aliphatic heterocycles. The van der Waals surface area contributed by atoms with E-state index in [1.807, 2.05) is 60.4 Å². The predicted octanol–water partition coefficient (Wildman–Crippen LogP) is 3.09. The molecule has 4 heteroatoms. The van der Waals surface area contributed by atoms with Crippen LogP contribution in [0, 0.1) is 6.92 Å². The van der Waals surface area contributed by atoms with E-state index in [1.54, 1.807) is 7.11 Å². The zero-order chi connectivity index (χ0) is 15.2. The minimum absolute atomic E-state index is 0.0326. The molecule has 0 atom stereocenters. The molecule has 21 heavy (non-hydrogen) atoms. The first-order valence-corrected chi connectivity index (χ1v) is 6.75. The lowest BCUT2D eigenvalue weighted by Crippen LogP contribution is -2.29.